The lowest BCUT2D eigenvalue weighted by Gasteiger charge is -2.18. The van der Waals surface area contributed by atoms with Crippen LogP contribution in [0.15, 0.2) is 47.4 Å². The Morgan fingerprint density at radius 2 is 1.71 bits per heavy atom. The molecule has 128 valence electrons. The van der Waals surface area contributed by atoms with Gasteiger partial charge < -0.3 is 5.32 Å². The van der Waals surface area contributed by atoms with E-state index >= 15 is 0 Å². The Kier molecular flexibility index (Phi) is 5.41. The molecule has 0 aliphatic heterocycles. The average molecular weight is 346 g/mol. The summed E-state index contributed by atoms with van der Waals surface area (Å²) in [5.41, 5.74) is 3.03. The van der Waals surface area contributed by atoms with Gasteiger partial charge in [0.05, 0.1) is 4.90 Å². The molecule has 0 aliphatic rings. The Morgan fingerprint density at radius 1 is 1.04 bits per heavy atom. The molecule has 1 atom stereocenters. The van der Waals surface area contributed by atoms with E-state index in [4.69, 9.17) is 0 Å². The second-order valence-corrected chi connectivity index (χ2v) is 7.54. The van der Waals surface area contributed by atoms with E-state index in [1.54, 1.807) is 19.1 Å². The first-order valence-electron chi connectivity index (χ1n) is 7.67. The molecule has 0 heterocycles. The summed E-state index contributed by atoms with van der Waals surface area (Å²) in [7, 11) is -3.71. The van der Waals surface area contributed by atoms with Crippen molar-refractivity contribution >= 4 is 21.6 Å². The SMILES string of the molecule is CC(=O)Nc1ccc(C)c(S(=O)(=O)NC(C)c2ccccc2C)c1. The summed E-state index contributed by atoms with van der Waals surface area (Å²) in [6, 6.07) is 12.1. The van der Waals surface area contributed by atoms with Crippen molar-refractivity contribution < 1.29 is 13.2 Å². The topological polar surface area (TPSA) is 75.3 Å². The van der Waals surface area contributed by atoms with Gasteiger partial charge in [0.1, 0.15) is 0 Å². The minimum Gasteiger partial charge on any atom is -0.326 e. The van der Waals surface area contributed by atoms with Crippen molar-refractivity contribution in [3.63, 3.8) is 0 Å². The van der Waals surface area contributed by atoms with Crippen LogP contribution in [0.2, 0.25) is 0 Å². The van der Waals surface area contributed by atoms with Gasteiger partial charge in [0, 0.05) is 18.7 Å². The number of anilines is 1. The van der Waals surface area contributed by atoms with Crippen LogP contribution in [0, 0.1) is 13.8 Å². The second-order valence-electron chi connectivity index (χ2n) is 5.86. The number of hydrogen-bond acceptors (Lipinski definition) is 3. The largest absolute Gasteiger partial charge is 0.326 e. The van der Waals surface area contributed by atoms with E-state index in [0.717, 1.165) is 11.1 Å². The predicted octanol–water partition coefficient (Wildman–Crippen LogP) is 3.30. The van der Waals surface area contributed by atoms with Crippen molar-refractivity contribution in [3.8, 4) is 0 Å². The molecule has 24 heavy (non-hydrogen) atoms. The number of hydrogen-bond donors (Lipinski definition) is 2. The van der Waals surface area contributed by atoms with Gasteiger partial charge in [-0.3, -0.25) is 4.79 Å². The maximum absolute atomic E-state index is 12.8. The number of nitrogens with one attached hydrogen (secondary N) is 2. The molecule has 0 aliphatic carbocycles. The molecule has 2 rings (SSSR count). The summed E-state index contributed by atoms with van der Waals surface area (Å²) >= 11 is 0. The highest BCUT2D eigenvalue weighted by Gasteiger charge is 2.21. The van der Waals surface area contributed by atoms with Gasteiger partial charge in [-0.15, -0.1) is 0 Å². The lowest BCUT2D eigenvalue weighted by molar-refractivity contribution is -0.114. The van der Waals surface area contributed by atoms with Gasteiger partial charge in [0.15, 0.2) is 0 Å². The van der Waals surface area contributed by atoms with Crippen LogP contribution in [-0.2, 0) is 14.8 Å². The van der Waals surface area contributed by atoms with Crippen molar-refractivity contribution in [1.29, 1.82) is 0 Å². The molecule has 0 aromatic heterocycles. The highest BCUT2D eigenvalue weighted by atomic mass is 32.2. The normalized spacial score (nSPS) is 12.7. The summed E-state index contributed by atoms with van der Waals surface area (Å²) in [5.74, 6) is -0.247. The summed E-state index contributed by atoms with van der Waals surface area (Å²) < 4.78 is 28.2. The van der Waals surface area contributed by atoms with Crippen LogP contribution in [-0.4, -0.2) is 14.3 Å². The molecule has 1 amide bonds. The Hall–Kier alpha value is -2.18. The third kappa shape index (κ3) is 4.21. The quantitative estimate of drug-likeness (QED) is 0.872. The molecule has 0 saturated heterocycles. The molecule has 2 aromatic carbocycles. The van der Waals surface area contributed by atoms with E-state index < -0.39 is 10.0 Å². The van der Waals surface area contributed by atoms with Crippen LogP contribution in [0.3, 0.4) is 0 Å². The van der Waals surface area contributed by atoms with Crippen molar-refractivity contribution in [2.24, 2.45) is 0 Å². The number of sulfonamides is 1. The van der Waals surface area contributed by atoms with Crippen LogP contribution < -0.4 is 10.0 Å². The first-order valence-corrected chi connectivity index (χ1v) is 9.15. The number of carbonyl (C=O) groups is 1. The molecule has 1 unspecified atom stereocenters. The van der Waals surface area contributed by atoms with Crippen molar-refractivity contribution in [1.82, 2.24) is 4.72 Å². The van der Waals surface area contributed by atoms with Gasteiger partial charge in [-0.05, 0) is 49.6 Å². The van der Waals surface area contributed by atoms with E-state index in [2.05, 4.69) is 10.0 Å². The molecule has 0 fully saturated rings. The highest BCUT2D eigenvalue weighted by molar-refractivity contribution is 7.89. The Bertz CT molecular complexity index is 860. The zero-order valence-corrected chi connectivity index (χ0v) is 15.1. The molecule has 0 spiro atoms. The predicted molar refractivity (Wildman–Crippen MR) is 95.4 cm³/mol. The van der Waals surface area contributed by atoms with Crippen molar-refractivity contribution in [2.75, 3.05) is 5.32 Å². The number of carbonyl (C=O) groups excluding carboxylic acids is 1. The fourth-order valence-corrected chi connectivity index (χ4v) is 4.10. The van der Waals surface area contributed by atoms with Gasteiger partial charge in [-0.1, -0.05) is 30.3 Å². The highest BCUT2D eigenvalue weighted by Crippen LogP contribution is 2.24. The molecular weight excluding hydrogens is 324 g/mol. The molecule has 6 heteroatoms. The van der Waals surface area contributed by atoms with Gasteiger partial charge in [0.25, 0.3) is 0 Å². The first kappa shape index (κ1) is 18.2. The summed E-state index contributed by atoms with van der Waals surface area (Å²) in [6.45, 7) is 6.87. The molecule has 5 nitrogen and oxygen atoms in total. The third-order valence-corrected chi connectivity index (χ3v) is 5.47. The van der Waals surface area contributed by atoms with Crippen LogP contribution in [0.5, 0.6) is 0 Å². The fraction of sp³-hybridized carbons (Fsp3) is 0.278. The minimum atomic E-state index is -3.71. The molecule has 0 saturated carbocycles. The number of amides is 1. The van der Waals surface area contributed by atoms with E-state index in [0.29, 0.717) is 11.3 Å². The fourth-order valence-electron chi connectivity index (χ4n) is 2.60. The van der Waals surface area contributed by atoms with Gasteiger partial charge in [-0.2, -0.15) is 0 Å². The van der Waals surface area contributed by atoms with Crippen LogP contribution in [0.25, 0.3) is 0 Å². The average Bonchev–Trinajstić information content (AvgIpc) is 2.48. The molecular formula is C18H22N2O3S. The smallest absolute Gasteiger partial charge is 0.241 e. The van der Waals surface area contributed by atoms with Crippen LogP contribution >= 0.6 is 0 Å². The molecule has 0 radical (unpaired) electrons. The van der Waals surface area contributed by atoms with Gasteiger partial charge in [-0.25, -0.2) is 13.1 Å². The second kappa shape index (κ2) is 7.15. The molecule has 0 bridgehead atoms. The Balaban J connectivity index is 2.33. The van der Waals surface area contributed by atoms with Crippen molar-refractivity contribution in [3.05, 3.63) is 59.2 Å². The van der Waals surface area contributed by atoms with E-state index in [9.17, 15) is 13.2 Å². The van der Waals surface area contributed by atoms with Crippen LogP contribution in [0.4, 0.5) is 5.69 Å². The lowest BCUT2D eigenvalue weighted by Crippen LogP contribution is -2.28. The lowest BCUT2D eigenvalue weighted by atomic mass is 10.0. The minimum absolute atomic E-state index is 0.161. The first-order chi connectivity index (χ1) is 11.2. The van der Waals surface area contributed by atoms with Crippen LogP contribution in [0.1, 0.15) is 36.6 Å². The number of rotatable bonds is 5. The maximum Gasteiger partial charge on any atom is 0.241 e. The monoisotopic (exact) mass is 346 g/mol. The van der Waals surface area contributed by atoms with E-state index in [-0.39, 0.29) is 16.8 Å². The summed E-state index contributed by atoms with van der Waals surface area (Å²) in [6.07, 6.45) is 0. The Morgan fingerprint density at radius 3 is 2.33 bits per heavy atom. The maximum atomic E-state index is 12.8. The van der Waals surface area contributed by atoms with E-state index in [1.165, 1.54) is 13.0 Å². The third-order valence-electron chi connectivity index (χ3n) is 3.78. The van der Waals surface area contributed by atoms with Gasteiger partial charge in [0.2, 0.25) is 15.9 Å². The van der Waals surface area contributed by atoms with Gasteiger partial charge >= 0.3 is 0 Å². The molecule has 2 aromatic rings. The summed E-state index contributed by atoms with van der Waals surface area (Å²) in [4.78, 5) is 11.3. The Labute approximate surface area is 143 Å². The zero-order chi connectivity index (χ0) is 17.9. The number of benzene rings is 2. The van der Waals surface area contributed by atoms with E-state index in [1.807, 2.05) is 38.1 Å². The molecule has 2 N–H and O–H groups in total. The van der Waals surface area contributed by atoms with Crippen molar-refractivity contribution in [2.45, 2.75) is 38.6 Å². The number of aryl methyl sites for hydroxylation is 2. The summed E-state index contributed by atoms with van der Waals surface area (Å²) in [5, 5.41) is 2.61. The zero-order valence-electron chi connectivity index (χ0n) is 14.3. The standard InChI is InChI=1S/C18H22N2O3S/c1-12-7-5-6-8-17(12)14(3)20-24(22,23)18-11-16(19-15(4)21)10-9-13(18)2/h5-11,14,20H,1-4H3,(H,19,21).